The number of ether oxygens (including phenoxy) is 1. The standard InChI is InChI=1S/C21H24O3/c1-24-19(16-8-4-2-5-9-16)17-10-12-18(13-11-17)20(22)21(23)14-6-3-7-15-21/h2,4-5,8-13,19,23H,3,6-7,14-15H2,1H3. The molecule has 1 aliphatic rings. The van der Waals surface area contributed by atoms with Gasteiger partial charge in [0.1, 0.15) is 11.7 Å². The van der Waals surface area contributed by atoms with E-state index in [0.29, 0.717) is 18.4 Å². The molecular formula is C21H24O3. The van der Waals surface area contributed by atoms with Gasteiger partial charge in [0.2, 0.25) is 0 Å². The van der Waals surface area contributed by atoms with Crippen molar-refractivity contribution in [1.82, 2.24) is 0 Å². The van der Waals surface area contributed by atoms with Crippen LogP contribution in [-0.4, -0.2) is 23.6 Å². The van der Waals surface area contributed by atoms with Crippen molar-refractivity contribution in [3.63, 3.8) is 0 Å². The summed E-state index contributed by atoms with van der Waals surface area (Å²) in [6.07, 6.45) is 3.91. The van der Waals surface area contributed by atoms with Crippen LogP contribution in [0.5, 0.6) is 0 Å². The van der Waals surface area contributed by atoms with E-state index in [0.717, 1.165) is 30.4 Å². The highest BCUT2D eigenvalue weighted by molar-refractivity contribution is 6.02. The maximum Gasteiger partial charge on any atom is 0.194 e. The van der Waals surface area contributed by atoms with Crippen molar-refractivity contribution < 1.29 is 14.6 Å². The number of hydrogen-bond donors (Lipinski definition) is 1. The van der Waals surface area contributed by atoms with Crippen LogP contribution in [0.4, 0.5) is 0 Å². The molecule has 2 aromatic rings. The lowest BCUT2D eigenvalue weighted by atomic mass is 9.79. The Hall–Kier alpha value is -1.97. The Morgan fingerprint density at radius 1 is 0.958 bits per heavy atom. The monoisotopic (exact) mass is 324 g/mol. The molecule has 0 saturated heterocycles. The molecule has 0 heterocycles. The zero-order chi connectivity index (χ0) is 17.0. The minimum Gasteiger partial charge on any atom is -0.382 e. The number of rotatable bonds is 5. The molecule has 1 unspecified atom stereocenters. The van der Waals surface area contributed by atoms with Crippen molar-refractivity contribution >= 4 is 5.78 Å². The molecule has 0 aromatic heterocycles. The molecule has 0 spiro atoms. The van der Waals surface area contributed by atoms with Crippen molar-refractivity contribution in [2.45, 2.75) is 43.8 Å². The van der Waals surface area contributed by atoms with E-state index in [1.807, 2.05) is 42.5 Å². The molecule has 1 N–H and O–H groups in total. The van der Waals surface area contributed by atoms with Crippen LogP contribution >= 0.6 is 0 Å². The predicted octanol–water partition coefficient (Wildman–Crippen LogP) is 4.30. The summed E-state index contributed by atoms with van der Waals surface area (Å²) in [6, 6.07) is 17.4. The summed E-state index contributed by atoms with van der Waals surface area (Å²) >= 11 is 0. The van der Waals surface area contributed by atoms with Gasteiger partial charge >= 0.3 is 0 Å². The third-order valence-electron chi connectivity index (χ3n) is 4.92. The second-order valence-electron chi connectivity index (χ2n) is 6.57. The average Bonchev–Trinajstić information content (AvgIpc) is 2.64. The molecule has 0 radical (unpaired) electrons. The first-order valence-corrected chi connectivity index (χ1v) is 8.59. The van der Waals surface area contributed by atoms with Crippen LogP contribution in [0.15, 0.2) is 54.6 Å². The second-order valence-corrected chi connectivity index (χ2v) is 6.57. The molecule has 0 aliphatic heterocycles. The van der Waals surface area contributed by atoms with Gasteiger partial charge in [-0.2, -0.15) is 0 Å². The van der Waals surface area contributed by atoms with E-state index in [4.69, 9.17) is 4.74 Å². The molecule has 0 bridgehead atoms. The Bertz CT molecular complexity index is 670. The molecule has 1 atom stereocenters. The lowest BCUT2D eigenvalue weighted by Crippen LogP contribution is -2.40. The normalized spacial score (nSPS) is 18.1. The largest absolute Gasteiger partial charge is 0.382 e. The Balaban J connectivity index is 1.81. The molecule has 24 heavy (non-hydrogen) atoms. The van der Waals surface area contributed by atoms with Gasteiger partial charge in [0.25, 0.3) is 0 Å². The van der Waals surface area contributed by atoms with E-state index >= 15 is 0 Å². The van der Waals surface area contributed by atoms with Gasteiger partial charge in [-0.25, -0.2) is 0 Å². The lowest BCUT2D eigenvalue weighted by molar-refractivity contribution is 0.0116. The molecule has 126 valence electrons. The van der Waals surface area contributed by atoms with E-state index in [1.165, 1.54) is 0 Å². The topological polar surface area (TPSA) is 46.5 Å². The minimum atomic E-state index is -1.18. The van der Waals surface area contributed by atoms with Crippen molar-refractivity contribution in [3.05, 3.63) is 71.3 Å². The van der Waals surface area contributed by atoms with Crippen molar-refractivity contribution in [3.8, 4) is 0 Å². The van der Waals surface area contributed by atoms with E-state index in [2.05, 4.69) is 0 Å². The summed E-state index contributed by atoms with van der Waals surface area (Å²) < 4.78 is 5.62. The first-order valence-electron chi connectivity index (χ1n) is 8.59. The zero-order valence-electron chi connectivity index (χ0n) is 14.1. The highest BCUT2D eigenvalue weighted by Gasteiger charge is 2.37. The lowest BCUT2D eigenvalue weighted by Gasteiger charge is -2.30. The Kier molecular flexibility index (Phi) is 5.12. The SMILES string of the molecule is COC(c1ccccc1)c1ccc(C(=O)C2(O)CCCCC2)cc1. The fourth-order valence-corrected chi connectivity index (χ4v) is 3.53. The number of hydrogen-bond acceptors (Lipinski definition) is 3. The number of methoxy groups -OCH3 is 1. The number of ketones is 1. The number of benzene rings is 2. The van der Waals surface area contributed by atoms with Gasteiger partial charge in [0.15, 0.2) is 5.78 Å². The summed E-state index contributed by atoms with van der Waals surface area (Å²) in [5.74, 6) is -0.151. The highest BCUT2D eigenvalue weighted by Crippen LogP contribution is 2.32. The summed E-state index contributed by atoms with van der Waals surface area (Å²) in [5, 5.41) is 10.6. The Morgan fingerprint density at radius 2 is 1.54 bits per heavy atom. The van der Waals surface area contributed by atoms with Crippen molar-refractivity contribution in [2.75, 3.05) is 7.11 Å². The van der Waals surface area contributed by atoms with Gasteiger partial charge in [-0.15, -0.1) is 0 Å². The van der Waals surface area contributed by atoms with E-state index in [9.17, 15) is 9.90 Å². The number of aliphatic hydroxyl groups is 1. The summed E-state index contributed by atoms with van der Waals surface area (Å²) in [6.45, 7) is 0. The minimum absolute atomic E-state index is 0.151. The van der Waals surface area contributed by atoms with Crippen LogP contribution in [0.3, 0.4) is 0 Å². The van der Waals surface area contributed by atoms with Crippen LogP contribution < -0.4 is 0 Å². The number of carbonyl (C=O) groups excluding carboxylic acids is 1. The third-order valence-corrected chi connectivity index (χ3v) is 4.92. The fraction of sp³-hybridized carbons (Fsp3) is 0.381. The molecule has 3 nitrogen and oxygen atoms in total. The first kappa shape index (κ1) is 16.9. The maximum absolute atomic E-state index is 12.7. The van der Waals surface area contributed by atoms with Crippen molar-refractivity contribution in [2.24, 2.45) is 0 Å². The molecule has 3 rings (SSSR count). The van der Waals surface area contributed by atoms with E-state index < -0.39 is 5.60 Å². The fourth-order valence-electron chi connectivity index (χ4n) is 3.53. The molecule has 2 aromatic carbocycles. The van der Waals surface area contributed by atoms with Gasteiger partial charge in [-0.05, 0) is 24.0 Å². The third kappa shape index (κ3) is 3.42. The van der Waals surface area contributed by atoms with Crippen LogP contribution in [0.25, 0.3) is 0 Å². The van der Waals surface area contributed by atoms with Crippen LogP contribution in [0, 0.1) is 0 Å². The second kappa shape index (κ2) is 7.29. The van der Waals surface area contributed by atoms with Crippen molar-refractivity contribution in [1.29, 1.82) is 0 Å². The first-order chi connectivity index (χ1) is 11.6. The van der Waals surface area contributed by atoms with Crippen LogP contribution in [-0.2, 0) is 4.74 Å². The highest BCUT2D eigenvalue weighted by atomic mass is 16.5. The van der Waals surface area contributed by atoms with Crippen LogP contribution in [0.1, 0.15) is 59.7 Å². The van der Waals surface area contributed by atoms with Gasteiger partial charge in [-0.1, -0.05) is 73.9 Å². The average molecular weight is 324 g/mol. The molecular weight excluding hydrogens is 300 g/mol. The smallest absolute Gasteiger partial charge is 0.194 e. The van der Waals surface area contributed by atoms with Gasteiger partial charge in [0.05, 0.1) is 0 Å². The quantitative estimate of drug-likeness (QED) is 0.834. The van der Waals surface area contributed by atoms with E-state index in [-0.39, 0.29) is 11.9 Å². The van der Waals surface area contributed by atoms with E-state index in [1.54, 1.807) is 19.2 Å². The van der Waals surface area contributed by atoms with Gasteiger partial charge in [-0.3, -0.25) is 4.79 Å². The summed E-state index contributed by atoms with van der Waals surface area (Å²) in [5.41, 5.74) is 1.46. The number of Topliss-reactive ketones (excluding diaryl/α,β-unsaturated/α-hetero) is 1. The molecule has 3 heteroatoms. The van der Waals surface area contributed by atoms with Gasteiger partial charge in [0, 0.05) is 12.7 Å². The maximum atomic E-state index is 12.7. The Morgan fingerprint density at radius 3 is 2.12 bits per heavy atom. The molecule has 1 saturated carbocycles. The molecule has 0 amide bonds. The summed E-state index contributed by atoms with van der Waals surface area (Å²) in [7, 11) is 1.68. The summed E-state index contributed by atoms with van der Waals surface area (Å²) in [4.78, 5) is 12.7. The molecule has 1 fully saturated rings. The number of carbonyl (C=O) groups is 1. The van der Waals surface area contributed by atoms with Crippen LogP contribution in [0.2, 0.25) is 0 Å². The Labute approximate surface area is 143 Å². The van der Waals surface area contributed by atoms with Gasteiger partial charge < -0.3 is 9.84 Å². The molecule has 1 aliphatic carbocycles. The zero-order valence-corrected chi connectivity index (χ0v) is 14.1. The predicted molar refractivity (Wildman–Crippen MR) is 94.1 cm³/mol.